The Bertz CT molecular complexity index is 976. The monoisotopic (exact) mass is 430 g/mol. The normalized spacial score (nSPS) is 11.5. The minimum absolute atomic E-state index is 0.116. The minimum Gasteiger partial charge on any atom is -0.326 e. The predicted octanol–water partition coefficient (Wildman–Crippen LogP) is 4.05. The molecule has 30 heavy (non-hydrogen) atoms. The number of carbonyl (C=O) groups excluding carboxylic acids is 2. The molecule has 0 fully saturated rings. The molecule has 0 radical (unpaired) electrons. The van der Waals surface area contributed by atoms with E-state index in [0.29, 0.717) is 12.0 Å². The molecule has 2 aromatic rings. The first kappa shape index (κ1) is 23.8. The van der Waals surface area contributed by atoms with Crippen molar-refractivity contribution in [2.24, 2.45) is 0 Å². The van der Waals surface area contributed by atoms with Crippen LogP contribution in [0.15, 0.2) is 47.4 Å². The van der Waals surface area contributed by atoms with E-state index in [1.165, 1.54) is 42.5 Å². The highest BCUT2D eigenvalue weighted by molar-refractivity contribution is 7.89. The van der Waals surface area contributed by atoms with Gasteiger partial charge in [-0.1, -0.05) is 44.2 Å². The summed E-state index contributed by atoms with van der Waals surface area (Å²) in [5.41, 5.74) is 3.53. The predicted molar refractivity (Wildman–Crippen MR) is 119 cm³/mol. The quantitative estimate of drug-likeness (QED) is 0.576. The molecule has 0 aliphatic carbocycles. The number of nitrogens with zero attached hydrogens (tertiary/aromatic N) is 1. The van der Waals surface area contributed by atoms with E-state index < -0.39 is 10.0 Å². The summed E-state index contributed by atoms with van der Waals surface area (Å²) < 4.78 is 26.6. The molecule has 0 aromatic heterocycles. The molecule has 0 spiro atoms. The Hall–Kier alpha value is -2.51. The Kier molecular flexibility index (Phi) is 8.32. The second-order valence-corrected chi connectivity index (χ2v) is 9.26. The molecule has 7 heteroatoms. The first-order valence-electron chi connectivity index (χ1n) is 10.2. The molecule has 0 saturated heterocycles. The third kappa shape index (κ3) is 5.77. The van der Waals surface area contributed by atoms with E-state index >= 15 is 0 Å². The number of hydrogen-bond acceptors (Lipinski definition) is 4. The molecule has 2 aromatic carbocycles. The van der Waals surface area contributed by atoms with Crippen molar-refractivity contribution in [2.75, 3.05) is 18.9 Å². The Labute approximate surface area is 179 Å². The summed E-state index contributed by atoms with van der Waals surface area (Å²) in [4.78, 5) is 23.9. The van der Waals surface area contributed by atoms with Crippen LogP contribution in [0, 0.1) is 0 Å². The van der Waals surface area contributed by atoms with Gasteiger partial charge in [-0.15, -0.1) is 0 Å². The van der Waals surface area contributed by atoms with Crippen LogP contribution in [0.5, 0.6) is 0 Å². The maximum absolute atomic E-state index is 12.7. The van der Waals surface area contributed by atoms with Gasteiger partial charge < -0.3 is 5.32 Å². The van der Waals surface area contributed by atoms with E-state index in [-0.39, 0.29) is 29.6 Å². The molecular formula is C23H30N2O4S. The van der Waals surface area contributed by atoms with Gasteiger partial charge in [-0.05, 0) is 49.4 Å². The Morgan fingerprint density at radius 2 is 1.53 bits per heavy atom. The van der Waals surface area contributed by atoms with Crippen LogP contribution >= 0.6 is 0 Å². The van der Waals surface area contributed by atoms with Gasteiger partial charge in [-0.2, -0.15) is 0 Å². The fraction of sp³-hybridized carbons (Fsp3) is 0.391. The van der Waals surface area contributed by atoms with Gasteiger partial charge >= 0.3 is 0 Å². The average molecular weight is 431 g/mol. The second-order valence-electron chi connectivity index (χ2n) is 7.22. The number of rotatable bonds is 10. The summed E-state index contributed by atoms with van der Waals surface area (Å²) in [6.45, 7) is 5.75. The number of carbonyl (C=O) groups is 2. The van der Waals surface area contributed by atoms with Gasteiger partial charge in [0.2, 0.25) is 15.9 Å². The van der Waals surface area contributed by atoms with Crippen molar-refractivity contribution in [1.82, 2.24) is 4.31 Å². The number of sulfonamides is 1. The smallest absolute Gasteiger partial charge is 0.242 e. The summed E-state index contributed by atoms with van der Waals surface area (Å²) >= 11 is 0. The minimum atomic E-state index is -3.67. The average Bonchev–Trinajstić information content (AvgIpc) is 2.73. The van der Waals surface area contributed by atoms with Crippen LogP contribution in [-0.2, 0) is 27.7 Å². The van der Waals surface area contributed by atoms with Crippen LogP contribution in [0.2, 0.25) is 0 Å². The maximum atomic E-state index is 12.7. The first-order valence-corrected chi connectivity index (χ1v) is 11.6. The number of anilines is 1. The highest BCUT2D eigenvalue weighted by Gasteiger charge is 2.21. The lowest BCUT2D eigenvalue weighted by Crippen LogP contribution is -2.28. The van der Waals surface area contributed by atoms with Crippen molar-refractivity contribution in [1.29, 1.82) is 0 Å². The summed E-state index contributed by atoms with van der Waals surface area (Å²) in [6, 6.07) is 11.9. The summed E-state index contributed by atoms with van der Waals surface area (Å²) in [5.74, 6) is -0.239. The lowest BCUT2D eigenvalue weighted by molar-refractivity contribution is -0.116. The van der Waals surface area contributed by atoms with Crippen molar-refractivity contribution < 1.29 is 18.0 Å². The van der Waals surface area contributed by atoms with Gasteiger partial charge in [-0.25, -0.2) is 12.7 Å². The Morgan fingerprint density at radius 3 is 2.03 bits per heavy atom. The molecule has 0 aliphatic heterocycles. The highest BCUT2D eigenvalue weighted by Crippen LogP contribution is 2.23. The molecule has 1 amide bonds. The van der Waals surface area contributed by atoms with Crippen molar-refractivity contribution in [3.05, 3.63) is 59.2 Å². The number of hydrogen-bond donors (Lipinski definition) is 1. The van der Waals surface area contributed by atoms with Crippen molar-refractivity contribution in [2.45, 2.75) is 51.3 Å². The number of ketones is 1. The van der Waals surface area contributed by atoms with Crippen molar-refractivity contribution in [3.8, 4) is 0 Å². The number of Topliss-reactive ketones (excluding diaryl/α,β-unsaturated/α-hetero) is 1. The van der Waals surface area contributed by atoms with E-state index in [1.54, 1.807) is 0 Å². The van der Waals surface area contributed by atoms with E-state index in [1.807, 2.05) is 32.0 Å². The third-order valence-electron chi connectivity index (χ3n) is 5.11. The lowest BCUT2D eigenvalue weighted by atomic mass is 10.0. The van der Waals surface area contributed by atoms with Crippen LogP contribution < -0.4 is 5.32 Å². The fourth-order valence-corrected chi connectivity index (χ4v) is 4.44. The largest absolute Gasteiger partial charge is 0.326 e. The number of para-hydroxylation sites is 1. The van der Waals surface area contributed by atoms with E-state index in [2.05, 4.69) is 5.32 Å². The van der Waals surface area contributed by atoms with Gasteiger partial charge in [-0.3, -0.25) is 9.59 Å². The van der Waals surface area contributed by atoms with Crippen LogP contribution in [-0.4, -0.2) is 38.0 Å². The van der Waals surface area contributed by atoms with Gasteiger partial charge in [0.1, 0.15) is 0 Å². The molecular weight excluding hydrogens is 400 g/mol. The molecule has 1 N–H and O–H groups in total. The summed E-state index contributed by atoms with van der Waals surface area (Å²) in [7, 11) is -2.18. The molecule has 6 nitrogen and oxygen atoms in total. The van der Waals surface area contributed by atoms with Gasteiger partial charge in [0.25, 0.3) is 0 Å². The number of nitrogens with one attached hydrogen (secondary N) is 1. The topological polar surface area (TPSA) is 83.6 Å². The first-order chi connectivity index (χ1) is 14.2. The summed E-state index contributed by atoms with van der Waals surface area (Å²) in [5, 5.41) is 3.00. The number of benzene rings is 2. The Morgan fingerprint density at radius 1 is 0.967 bits per heavy atom. The molecule has 0 heterocycles. The van der Waals surface area contributed by atoms with Crippen LogP contribution in [0.3, 0.4) is 0 Å². The molecule has 162 valence electrons. The maximum Gasteiger partial charge on any atom is 0.242 e. The molecule has 0 bridgehead atoms. The Balaban J connectivity index is 1.96. The lowest BCUT2D eigenvalue weighted by Gasteiger charge is -2.18. The SMILES string of the molecule is CCc1cccc(CC)c1NC(=O)CCCN(C)S(=O)(=O)c1ccc(C(C)=O)cc1. The van der Waals surface area contributed by atoms with Gasteiger partial charge in [0.05, 0.1) is 4.90 Å². The highest BCUT2D eigenvalue weighted by atomic mass is 32.2. The zero-order chi connectivity index (χ0) is 22.3. The van der Waals surface area contributed by atoms with E-state index in [4.69, 9.17) is 0 Å². The van der Waals surface area contributed by atoms with E-state index in [9.17, 15) is 18.0 Å². The molecule has 0 unspecified atom stereocenters. The fourth-order valence-electron chi connectivity index (χ4n) is 3.23. The van der Waals surface area contributed by atoms with Crippen molar-refractivity contribution >= 4 is 27.4 Å². The number of aryl methyl sites for hydroxylation is 2. The zero-order valence-corrected chi connectivity index (χ0v) is 18.9. The van der Waals surface area contributed by atoms with Crippen LogP contribution in [0.1, 0.15) is 55.1 Å². The van der Waals surface area contributed by atoms with Gasteiger partial charge in [0.15, 0.2) is 5.78 Å². The van der Waals surface area contributed by atoms with Crippen LogP contribution in [0.4, 0.5) is 5.69 Å². The molecule has 0 atom stereocenters. The zero-order valence-electron chi connectivity index (χ0n) is 18.1. The van der Waals surface area contributed by atoms with Crippen molar-refractivity contribution in [3.63, 3.8) is 0 Å². The number of amides is 1. The standard InChI is InChI=1S/C23H30N2O4S/c1-5-18-9-7-10-19(6-2)23(18)24-22(27)11-8-16-25(4)30(28,29)21-14-12-20(13-15-21)17(3)26/h7,9-10,12-15H,5-6,8,11,16H2,1-4H3,(H,24,27). The molecule has 0 saturated carbocycles. The molecule has 0 aliphatic rings. The van der Waals surface area contributed by atoms with Gasteiger partial charge in [0, 0.05) is 31.3 Å². The molecule has 2 rings (SSSR count). The summed E-state index contributed by atoms with van der Waals surface area (Å²) in [6.07, 6.45) is 2.28. The van der Waals surface area contributed by atoms with Crippen LogP contribution in [0.25, 0.3) is 0 Å². The second kappa shape index (κ2) is 10.5. The third-order valence-corrected chi connectivity index (χ3v) is 6.98. The van der Waals surface area contributed by atoms with E-state index in [0.717, 1.165) is 29.7 Å².